The van der Waals surface area contributed by atoms with Crippen LogP contribution in [0.3, 0.4) is 0 Å². The summed E-state index contributed by atoms with van der Waals surface area (Å²) in [6, 6.07) is 5.00. The number of alkyl halides is 4. The van der Waals surface area contributed by atoms with Crippen molar-refractivity contribution in [1.82, 2.24) is 0 Å². The van der Waals surface area contributed by atoms with Gasteiger partial charge < -0.3 is 0 Å². The first-order valence-corrected chi connectivity index (χ1v) is 5.70. The topological polar surface area (TPSA) is 95.2 Å². The van der Waals surface area contributed by atoms with Crippen LogP contribution in [-0.2, 0) is 0 Å². The molecular weight excluding hydrogens is 288 g/mol. The van der Waals surface area contributed by atoms with E-state index in [1.54, 1.807) is 0 Å². The number of allylic oxidation sites excluding steroid dienone is 2. The molecule has 0 saturated heterocycles. The fourth-order valence-electron chi connectivity index (χ4n) is 2.31. The van der Waals surface area contributed by atoms with Crippen molar-refractivity contribution >= 4 is 0 Å². The Bertz CT molecular complexity index is 583. The number of halogens is 4. The summed E-state index contributed by atoms with van der Waals surface area (Å²) in [6.45, 7) is 0.758. The third-order valence-electron chi connectivity index (χ3n) is 3.69. The molecule has 0 N–H and O–H groups in total. The standard InChI is InChI=1S/C13H8F4N4/c1-13(7(4-20)5-21)11(16)9(14)8(6(2-18)3-19)10(15)12(13)17/h7,9-12H,1H3. The fourth-order valence-corrected chi connectivity index (χ4v) is 2.31. The van der Waals surface area contributed by atoms with Gasteiger partial charge in [-0.25, -0.2) is 17.6 Å². The molecule has 0 aromatic carbocycles. The van der Waals surface area contributed by atoms with Gasteiger partial charge in [0.2, 0.25) is 0 Å². The Hall–Kier alpha value is -2.58. The summed E-state index contributed by atoms with van der Waals surface area (Å²) in [4.78, 5) is 0. The van der Waals surface area contributed by atoms with Gasteiger partial charge in [-0.1, -0.05) is 6.92 Å². The maximum Gasteiger partial charge on any atom is 0.158 e. The van der Waals surface area contributed by atoms with E-state index in [0.29, 0.717) is 0 Å². The summed E-state index contributed by atoms with van der Waals surface area (Å²) in [6.07, 6.45) is -11.0. The quantitative estimate of drug-likeness (QED) is 0.548. The van der Waals surface area contributed by atoms with Gasteiger partial charge in [0, 0.05) is 5.57 Å². The normalized spacial score (nSPS) is 35.2. The molecule has 0 amide bonds. The Balaban J connectivity index is 3.52. The average Bonchev–Trinajstić information content (AvgIpc) is 2.49. The lowest BCUT2D eigenvalue weighted by molar-refractivity contribution is -0.0748. The highest BCUT2D eigenvalue weighted by Gasteiger charge is 2.62. The molecule has 1 aliphatic rings. The molecule has 21 heavy (non-hydrogen) atoms. The van der Waals surface area contributed by atoms with E-state index in [2.05, 4.69) is 0 Å². The lowest BCUT2D eigenvalue weighted by atomic mass is 9.62. The number of hydrogen-bond acceptors (Lipinski definition) is 4. The minimum Gasteiger partial charge on any atom is -0.243 e. The first-order chi connectivity index (χ1) is 9.80. The van der Waals surface area contributed by atoms with Crippen LogP contribution in [-0.4, -0.2) is 24.7 Å². The second-order valence-electron chi connectivity index (χ2n) is 4.72. The Morgan fingerprint density at radius 2 is 1.33 bits per heavy atom. The third-order valence-corrected chi connectivity index (χ3v) is 3.69. The molecule has 108 valence electrons. The molecule has 0 spiro atoms. The summed E-state index contributed by atoms with van der Waals surface area (Å²) in [5.41, 5.74) is -4.80. The maximum absolute atomic E-state index is 14.2. The molecule has 1 fully saturated rings. The van der Waals surface area contributed by atoms with Gasteiger partial charge in [0.1, 0.15) is 36.0 Å². The monoisotopic (exact) mass is 296 g/mol. The van der Waals surface area contributed by atoms with Crippen LogP contribution < -0.4 is 0 Å². The van der Waals surface area contributed by atoms with Gasteiger partial charge in [-0.05, 0) is 0 Å². The van der Waals surface area contributed by atoms with Crippen molar-refractivity contribution in [3.8, 4) is 24.3 Å². The molecule has 1 rings (SSSR count). The van der Waals surface area contributed by atoms with Crippen molar-refractivity contribution < 1.29 is 17.6 Å². The molecule has 0 aromatic heterocycles. The Morgan fingerprint density at radius 3 is 1.62 bits per heavy atom. The zero-order chi connectivity index (χ0) is 16.4. The van der Waals surface area contributed by atoms with Crippen LogP contribution in [0.25, 0.3) is 0 Å². The molecule has 8 heteroatoms. The molecular formula is C13H8F4N4. The molecule has 0 aromatic rings. The molecule has 4 atom stereocenters. The minimum atomic E-state index is -2.78. The van der Waals surface area contributed by atoms with E-state index in [1.165, 1.54) is 24.3 Å². The average molecular weight is 296 g/mol. The lowest BCUT2D eigenvalue weighted by Gasteiger charge is -2.44. The van der Waals surface area contributed by atoms with E-state index < -0.39 is 47.2 Å². The predicted octanol–water partition coefficient (Wildman–Crippen LogP) is 2.37. The zero-order valence-corrected chi connectivity index (χ0v) is 10.7. The molecule has 4 nitrogen and oxygen atoms in total. The predicted molar refractivity (Wildman–Crippen MR) is 60.7 cm³/mol. The van der Waals surface area contributed by atoms with Gasteiger partial charge in [0.15, 0.2) is 12.3 Å². The van der Waals surface area contributed by atoms with E-state index in [0.717, 1.165) is 6.92 Å². The van der Waals surface area contributed by atoms with E-state index in [9.17, 15) is 17.6 Å². The van der Waals surface area contributed by atoms with Crippen LogP contribution >= 0.6 is 0 Å². The zero-order valence-electron chi connectivity index (χ0n) is 10.7. The van der Waals surface area contributed by atoms with Crippen molar-refractivity contribution in [2.24, 2.45) is 11.3 Å². The second-order valence-corrected chi connectivity index (χ2v) is 4.72. The smallest absolute Gasteiger partial charge is 0.158 e. The van der Waals surface area contributed by atoms with Gasteiger partial charge in [-0.3, -0.25) is 0 Å². The fraction of sp³-hybridized carbons (Fsp3) is 0.538. The van der Waals surface area contributed by atoms with Gasteiger partial charge >= 0.3 is 0 Å². The number of nitrogens with zero attached hydrogens (tertiary/aromatic N) is 4. The van der Waals surface area contributed by atoms with Crippen LogP contribution in [0.5, 0.6) is 0 Å². The molecule has 0 heterocycles. The van der Waals surface area contributed by atoms with Crippen LogP contribution in [0.4, 0.5) is 17.6 Å². The third kappa shape index (κ3) is 2.20. The Morgan fingerprint density at radius 1 is 0.952 bits per heavy atom. The Labute approximate surface area is 118 Å². The molecule has 0 bridgehead atoms. The second kappa shape index (κ2) is 5.81. The highest BCUT2D eigenvalue weighted by Crippen LogP contribution is 2.50. The van der Waals surface area contributed by atoms with Crippen molar-refractivity contribution in [2.75, 3.05) is 0 Å². The molecule has 0 aliphatic heterocycles. The maximum atomic E-state index is 14.2. The van der Waals surface area contributed by atoms with Crippen LogP contribution in [0.1, 0.15) is 6.92 Å². The van der Waals surface area contributed by atoms with Crippen molar-refractivity contribution in [3.05, 3.63) is 11.1 Å². The van der Waals surface area contributed by atoms with E-state index in [-0.39, 0.29) is 0 Å². The van der Waals surface area contributed by atoms with Gasteiger partial charge in [-0.15, -0.1) is 0 Å². The van der Waals surface area contributed by atoms with E-state index in [4.69, 9.17) is 21.0 Å². The van der Waals surface area contributed by atoms with Gasteiger partial charge in [-0.2, -0.15) is 21.0 Å². The lowest BCUT2D eigenvalue weighted by Crippen LogP contribution is -2.57. The van der Waals surface area contributed by atoms with Crippen LogP contribution in [0, 0.1) is 56.7 Å². The number of rotatable bonds is 1. The minimum absolute atomic E-state index is 0.758. The summed E-state index contributed by atoms with van der Waals surface area (Å²) >= 11 is 0. The SMILES string of the molecule is CC1(C(C#N)C#N)C(F)C(F)C(=C(C#N)C#N)C(F)C1F. The molecule has 1 saturated carbocycles. The molecule has 0 radical (unpaired) electrons. The summed E-state index contributed by atoms with van der Waals surface area (Å²) < 4.78 is 56.6. The van der Waals surface area contributed by atoms with Crippen molar-refractivity contribution in [2.45, 2.75) is 31.6 Å². The first kappa shape index (κ1) is 16.5. The van der Waals surface area contributed by atoms with Crippen LogP contribution in [0.15, 0.2) is 11.1 Å². The first-order valence-electron chi connectivity index (χ1n) is 5.70. The number of hydrogen-bond donors (Lipinski definition) is 0. The molecule has 1 aliphatic carbocycles. The highest BCUT2D eigenvalue weighted by molar-refractivity contribution is 5.46. The van der Waals surface area contributed by atoms with E-state index >= 15 is 0 Å². The van der Waals surface area contributed by atoms with E-state index in [1.807, 2.05) is 0 Å². The number of nitriles is 4. The van der Waals surface area contributed by atoms with Crippen molar-refractivity contribution in [1.29, 1.82) is 21.0 Å². The highest BCUT2D eigenvalue weighted by atomic mass is 19.2. The summed E-state index contributed by atoms with van der Waals surface area (Å²) in [5, 5.41) is 34.7. The Kier molecular flexibility index (Phi) is 4.56. The van der Waals surface area contributed by atoms with Gasteiger partial charge in [0.05, 0.1) is 17.6 Å². The van der Waals surface area contributed by atoms with Gasteiger partial charge in [0.25, 0.3) is 0 Å². The summed E-state index contributed by atoms with van der Waals surface area (Å²) in [7, 11) is 0. The van der Waals surface area contributed by atoms with Crippen molar-refractivity contribution in [3.63, 3.8) is 0 Å². The molecule has 4 unspecified atom stereocenters. The van der Waals surface area contributed by atoms with Crippen LogP contribution in [0.2, 0.25) is 0 Å². The summed E-state index contributed by atoms with van der Waals surface area (Å²) in [5.74, 6) is -1.92. The largest absolute Gasteiger partial charge is 0.243 e.